The molecule has 0 radical (unpaired) electrons. The van der Waals surface area contributed by atoms with E-state index in [9.17, 15) is 4.79 Å². The van der Waals surface area contributed by atoms with Crippen molar-refractivity contribution < 1.29 is 4.79 Å². The highest BCUT2D eigenvalue weighted by atomic mass is 35.5. The molecule has 2 rings (SSSR count). The Morgan fingerprint density at radius 3 is 2.50 bits per heavy atom. The number of hydrogen-bond acceptors (Lipinski definition) is 3. The maximum atomic E-state index is 12.1. The second kappa shape index (κ2) is 6.58. The smallest absolute Gasteiger partial charge is 0.266 e. The minimum absolute atomic E-state index is 0.0107. The largest absolute Gasteiger partial charge is 0.319 e. The summed E-state index contributed by atoms with van der Waals surface area (Å²) in [5.74, 6) is -0.545. The fraction of sp³-hybridized carbons (Fsp3) is 0. The molecule has 1 amide bonds. The number of anilines is 1. The summed E-state index contributed by atoms with van der Waals surface area (Å²) in [5, 5.41) is 14.1. The fourth-order valence-electron chi connectivity index (χ4n) is 1.46. The first-order valence-corrected chi connectivity index (χ1v) is 7.16. The lowest BCUT2D eigenvalue weighted by Gasteiger charge is -2.08. The van der Waals surface area contributed by atoms with Crippen LogP contribution in [0.2, 0.25) is 10.0 Å². The Morgan fingerprint density at radius 2 is 1.95 bits per heavy atom. The topological polar surface area (TPSA) is 52.9 Å². The van der Waals surface area contributed by atoms with Gasteiger partial charge in [0.15, 0.2) is 0 Å². The molecule has 0 aliphatic heterocycles. The predicted molar refractivity (Wildman–Crippen MR) is 83.0 cm³/mol. The van der Waals surface area contributed by atoms with Crippen molar-refractivity contribution in [1.82, 2.24) is 0 Å². The molecule has 3 nitrogen and oxygen atoms in total. The summed E-state index contributed by atoms with van der Waals surface area (Å²) in [6.07, 6.45) is 1.52. The average molecular weight is 323 g/mol. The SMILES string of the molecule is N#C/C(=C\c1cccs1)C(=O)Nc1c(Cl)cccc1Cl. The van der Waals surface area contributed by atoms with E-state index in [4.69, 9.17) is 28.5 Å². The van der Waals surface area contributed by atoms with Crippen LogP contribution in [0.4, 0.5) is 5.69 Å². The van der Waals surface area contributed by atoms with E-state index in [1.54, 1.807) is 18.2 Å². The van der Waals surface area contributed by atoms with E-state index in [1.807, 2.05) is 23.6 Å². The highest BCUT2D eigenvalue weighted by Crippen LogP contribution is 2.30. The molecule has 0 bridgehead atoms. The molecule has 1 aromatic carbocycles. The van der Waals surface area contributed by atoms with E-state index in [2.05, 4.69) is 5.32 Å². The molecule has 0 fully saturated rings. The quantitative estimate of drug-likeness (QED) is 0.663. The first kappa shape index (κ1) is 14.6. The number of carbonyl (C=O) groups excluding carboxylic acids is 1. The van der Waals surface area contributed by atoms with E-state index in [-0.39, 0.29) is 5.57 Å². The van der Waals surface area contributed by atoms with Crippen molar-refractivity contribution in [3.8, 4) is 6.07 Å². The summed E-state index contributed by atoms with van der Waals surface area (Å²) < 4.78 is 0. The van der Waals surface area contributed by atoms with Crippen LogP contribution in [-0.2, 0) is 4.79 Å². The van der Waals surface area contributed by atoms with Gasteiger partial charge < -0.3 is 5.32 Å². The highest BCUT2D eigenvalue weighted by Gasteiger charge is 2.13. The molecular formula is C14H8Cl2N2OS. The zero-order valence-corrected chi connectivity index (χ0v) is 12.4. The van der Waals surface area contributed by atoms with Crippen molar-refractivity contribution in [2.45, 2.75) is 0 Å². The Kier molecular flexibility index (Phi) is 4.80. The zero-order chi connectivity index (χ0) is 14.5. The Hall–Kier alpha value is -1.80. The second-order valence-corrected chi connectivity index (χ2v) is 5.53. The minimum Gasteiger partial charge on any atom is -0.319 e. The third-order valence-electron chi connectivity index (χ3n) is 2.40. The van der Waals surface area contributed by atoms with Crippen LogP contribution in [0.1, 0.15) is 4.88 Å². The Morgan fingerprint density at radius 1 is 1.25 bits per heavy atom. The third kappa shape index (κ3) is 3.40. The molecule has 0 aliphatic rings. The van der Waals surface area contributed by atoms with E-state index in [0.29, 0.717) is 15.7 Å². The first-order chi connectivity index (χ1) is 9.61. The van der Waals surface area contributed by atoms with Gasteiger partial charge in [0, 0.05) is 4.88 Å². The minimum atomic E-state index is -0.545. The van der Waals surface area contributed by atoms with Gasteiger partial charge in [0.25, 0.3) is 5.91 Å². The van der Waals surface area contributed by atoms with E-state index in [1.165, 1.54) is 17.4 Å². The van der Waals surface area contributed by atoms with Gasteiger partial charge in [0.2, 0.25) is 0 Å². The van der Waals surface area contributed by atoms with Gasteiger partial charge in [-0.2, -0.15) is 5.26 Å². The number of thiophene rings is 1. The lowest BCUT2D eigenvalue weighted by molar-refractivity contribution is -0.112. The monoisotopic (exact) mass is 322 g/mol. The third-order valence-corrected chi connectivity index (χ3v) is 3.85. The summed E-state index contributed by atoms with van der Waals surface area (Å²) in [4.78, 5) is 12.9. The number of nitriles is 1. The predicted octanol–water partition coefficient (Wildman–Crippen LogP) is 4.60. The van der Waals surface area contributed by atoms with Crippen LogP contribution >= 0.6 is 34.5 Å². The van der Waals surface area contributed by atoms with Crippen LogP contribution in [0, 0.1) is 11.3 Å². The Balaban J connectivity index is 2.25. The molecule has 0 aliphatic carbocycles. The van der Waals surface area contributed by atoms with Gasteiger partial charge in [-0.15, -0.1) is 11.3 Å². The maximum Gasteiger partial charge on any atom is 0.266 e. The van der Waals surface area contributed by atoms with Crippen molar-refractivity contribution in [2.24, 2.45) is 0 Å². The van der Waals surface area contributed by atoms with E-state index < -0.39 is 5.91 Å². The van der Waals surface area contributed by atoms with Crippen molar-refractivity contribution in [2.75, 3.05) is 5.32 Å². The van der Waals surface area contributed by atoms with Crippen LogP contribution in [0.25, 0.3) is 6.08 Å². The molecule has 2 aromatic rings. The van der Waals surface area contributed by atoms with Gasteiger partial charge in [-0.1, -0.05) is 35.3 Å². The van der Waals surface area contributed by atoms with Gasteiger partial charge in [0.05, 0.1) is 15.7 Å². The van der Waals surface area contributed by atoms with Gasteiger partial charge >= 0.3 is 0 Å². The average Bonchev–Trinajstić information content (AvgIpc) is 2.93. The van der Waals surface area contributed by atoms with Crippen LogP contribution in [-0.4, -0.2) is 5.91 Å². The number of para-hydroxylation sites is 1. The van der Waals surface area contributed by atoms with Gasteiger partial charge in [-0.05, 0) is 29.7 Å². The van der Waals surface area contributed by atoms with Crippen LogP contribution in [0.15, 0.2) is 41.3 Å². The summed E-state index contributed by atoms with van der Waals surface area (Å²) in [6, 6.07) is 10.4. The van der Waals surface area contributed by atoms with Crippen LogP contribution < -0.4 is 5.32 Å². The van der Waals surface area contributed by atoms with E-state index >= 15 is 0 Å². The molecular weight excluding hydrogens is 315 g/mol. The molecule has 6 heteroatoms. The highest BCUT2D eigenvalue weighted by molar-refractivity contribution is 7.10. The summed E-state index contributed by atoms with van der Waals surface area (Å²) in [7, 11) is 0. The normalized spacial score (nSPS) is 10.9. The summed E-state index contributed by atoms with van der Waals surface area (Å²) in [5.41, 5.74) is 0.289. The molecule has 100 valence electrons. The van der Waals surface area contributed by atoms with Crippen molar-refractivity contribution in [3.63, 3.8) is 0 Å². The van der Waals surface area contributed by atoms with Gasteiger partial charge in [0.1, 0.15) is 11.6 Å². The number of nitrogens with one attached hydrogen (secondary N) is 1. The van der Waals surface area contributed by atoms with Crippen molar-refractivity contribution in [1.29, 1.82) is 5.26 Å². The molecule has 1 heterocycles. The summed E-state index contributed by atoms with van der Waals surface area (Å²) >= 11 is 13.4. The van der Waals surface area contributed by atoms with Crippen LogP contribution in [0.5, 0.6) is 0 Å². The van der Waals surface area contributed by atoms with Gasteiger partial charge in [-0.25, -0.2) is 0 Å². The lowest BCUT2D eigenvalue weighted by Crippen LogP contribution is -2.14. The Bertz CT molecular complexity index is 682. The maximum absolute atomic E-state index is 12.1. The first-order valence-electron chi connectivity index (χ1n) is 5.52. The molecule has 0 spiro atoms. The number of hydrogen-bond donors (Lipinski definition) is 1. The second-order valence-electron chi connectivity index (χ2n) is 3.74. The molecule has 0 saturated carbocycles. The number of carbonyl (C=O) groups is 1. The van der Waals surface area contributed by atoms with E-state index in [0.717, 1.165) is 4.88 Å². The number of benzene rings is 1. The summed E-state index contributed by atoms with van der Waals surface area (Å²) in [6.45, 7) is 0. The fourth-order valence-corrected chi connectivity index (χ4v) is 2.61. The van der Waals surface area contributed by atoms with Gasteiger partial charge in [-0.3, -0.25) is 4.79 Å². The van der Waals surface area contributed by atoms with Crippen molar-refractivity contribution in [3.05, 3.63) is 56.2 Å². The molecule has 0 unspecified atom stereocenters. The van der Waals surface area contributed by atoms with Crippen molar-refractivity contribution >= 4 is 52.2 Å². The Labute approximate surface area is 130 Å². The lowest BCUT2D eigenvalue weighted by atomic mass is 10.2. The molecule has 0 atom stereocenters. The number of halogens is 2. The molecule has 1 aromatic heterocycles. The zero-order valence-electron chi connectivity index (χ0n) is 10.1. The molecule has 20 heavy (non-hydrogen) atoms. The number of nitrogens with zero attached hydrogens (tertiary/aromatic N) is 1. The standard InChI is InChI=1S/C14H8Cl2N2OS/c15-11-4-1-5-12(16)13(11)18-14(19)9(8-17)7-10-3-2-6-20-10/h1-7H,(H,18,19)/b9-7+. The number of rotatable bonds is 3. The van der Waals surface area contributed by atoms with Crippen LogP contribution in [0.3, 0.4) is 0 Å². The molecule has 0 saturated heterocycles. The number of amides is 1. The molecule has 1 N–H and O–H groups in total.